The fourth-order valence-corrected chi connectivity index (χ4v) is 2.11. The number of hydrazone groups is 1. The molecule has 0 radical (unpaired) electrons. The average molecular weight is 364 g/mol. The fourth-order valence-electron chi connectivity index (χ4n) is 2.11. The normalized spacial score (nSPS) is 10.6. The highest BCUT2D eigenvalue weighted by Crippen LogP contribution is 2.19. The number of amides is 1. The van der Waals surface area contributed by atoms with Crippen molar-refractivity contribution < 1.29 is 14.6 Å². The van der Waals surface area contributed by atoms with Gasteiger partial charge in [0.2, 0.25) is 0 Å². The molecule has 134 valence electrons. The van der Waals surface area contributed by atoms with Gasteiger partial charge in [0.05, 0.1) is 13.3 Å². The van der Waals surface area contributed by atoms with Crippen molar-refractivity contribution in [2.75, 3.05) is 21.2 Å². The van der Waals surface area contributed by atoms with E-state index in [0.717, 1.165) is 11.3 Å². The van der Waals surface area contributed by atoms with Gasteiger partial charge in [0.15, 0.2) is 0 Å². The zero-order valence-electron chi connectivity index (χ0n) is 14.4. The number of carbonyl (C=O) groups is 1. The van der Waals surface area contributed by atoms with Crippen molar-refractivity contribution in [3.63, 3.8) is 0 Å². The van der Waals surface area contributed by atoms with Crippen molar-refractivity contribution >= 4 is 24.5 Å². The van der Waals surface area contributed by atoms with Gasteiger partial charge in [-0.05, 0) is 62.1 Å². The summed E-state index contributed by atoms with van der Waals surface area (Å²) in [6.07, 6.45) is 1.55. The van der Waals surface area contributed by atoms with Crippen LogP contribution in [0.5, 0.6) is 11.5 Å². The molecule has 0 saturated heterocycles. The summed E-state index contributed by atoms with van der Waals surface area (Å²) in [6.45, 7) is 0.544. The highest BCUT2D eigenvalue weighted by Gasteiger charge is 2.09. The maximum atomic E-state index is 12.1. The molecule has 2 N–H and O–H groups in total. The number of carbonyl (C=O) groups excluding carboxylic acids is 1. The molecule has 6 nitrogen and oxygen atoms in total. The maximum absolute atomic E-state index is 12.1. The third kappa shape index (κ3) is 6.10. The molecule has 0 aliphatic heterocycles. The first-order valence-electron chi connectivity index (χ1n) is 7.43. The third-order valence-electron chi connectivity index (χ3n) is 3.32. The lowest BCUT2D eigenvalue weighted by atomic mass is 10.1. The summed E-state index contributed by atoms with van der Waals surface area (Å²) in [6, 6.07) is 12.0. The Hall–Kier alpha value is -2.57. The number of halogens is 1. The molecule has 0 saturated carbocycles. The van der Waals surface area contributed by atoms with Gasteiger partial charge in [-0.2, -0.15) is 5.10 Å². The van der Waals surface area contributed by atoms with Crippen molar-refractivity contribution in [3.05, 3.63) is 59.2 Å². The minimum atomic E-state index is -0.334. The van der Waals surface area contributed by atoms with Gasteiger partial charge >= 0.3 is 0 Å². The van der Waals surface area contributed by atoms with E-state index in [0.29, 0.717) is 17.7 Å². The first kappa shape index (κ1) is 20.5. The predicted molar refractivity (Wildman–Crippen MR) is 101 cm³/mol. The Morgan fingerprint density at radius 3 is 2.52 bits per heavy atom. The lowest BCUT2D eigenvalue weighted by molar-refractivity contribution is 0.0955. The standard InChI is InChI=1S/C18H21N3O3.ClH/c1-21(2)12-15-10-14(6-9-17(15)22)18(23)20-19-11-13-4-7-16(24-3)8-5-13;/h4-11,22H,12H2,1-3H3,(H,20,23);1H/b19-11-;. The molecule has 0 fully saturated rings. The van der Waals surface area contributed by atoms with E-state index in [1.165, 1.54) is 6.07 Å². The molecule has 0 spiro atoms. The van der Waals surface area contributed by atoms with E-state index in [4.69, 9.17) is 4.74 Å². The largest absolute Gasteiger partial charge is 0.508 e. The van der Waals surface area contributed by atoms with Crippen LogP contribution in [0.2, 0.25) is 0 Å². The summed E-state index contributed by atoms with van der Waals surface area (Å²) in [5.41, 5.74) is 4.45. The Balaban J connectivity index is 0.00000312. The van der Waals surface area contributed by atoms with E-state index in [9.17, 15) is 9.90 Å². The van der Waals surface area contributed by atoms with E-state index in [2.05, 4.69) is 10.5 Å². The molecule has 0 unspecified atom stereocenters. The molecule has 0 aliphatic carbocycles. The molecule has 0 bridgehead atoms. The van der Waals surface area contributed by atoms with Crippen molar-refractivity contribution in [2.24, 2.45) is 5.10 Å². The molecule has 1 amide bonds. The summed E-state index contributed by atoms with van der Waals surface area (Å²) in [4.78, 5) is 14.1. The Bertz CT molecular complexity index is 731. The number of aromatic hydroxyl groups is 1. The average Bonchev–Trinajstić information content (AvgIpc) is 2.57. The number of phenolic OH excluding ortho intramolecular Hbond substituents is 1. The molecule has 2 rings (SSSR count). The van der Waals surface area contributed by atoms with Crippen molar-refractivity contribution in [1.29, 1.82) is 0 Å². The van der Waals surface area contributed by atoms with E-state index in [-0.39, 0.29) is 24.1 Å². The summed E-state index contributed by atoms with van der Waals surface area (Å²) in [5, 5.41) is 13.8. The number of hydrogen-bond acceptors (Lipinski definition) is 5. The number of nitrogens with zero attached hydrogens (tertiary/aromatic N) is 2. The molecular weight excluding hydrogens is 342 g/mol. The van der Waals surface area contributed by atoms with Crippen LogP contribution in [-0.2, 0) is 6.54 Å². The van der Waals surface area contributed by atoms with Crippen LogP contribution < -0.4 is 10.2 Å². The van der Waals surface area contributed by atoms with E-state index in [1.54, 1.807) is 25.5 Å². The second-order valence-electron chi connectivity index (χ2n) is 5.55. The van der Waals surface area contributed by atoms with Crippen LogP contribution in [0.25, 0.3) is 0 Å². The third-order valence-corrected chi connectivity index (χ3v) is 3.32. The number of rotatable bonds is 6. The summed E-state index contributed by atoms with van der Waals surface area (Å²) in [7, 11) is 5.39. The number of ether oxygens (including phenoxy) is 1. The lowest BCUT2D eigenvalue weighted by Crippen LogP contribution is -2.18. The highest BCUT2D eigenvalue weighted by molar-refractivity contribution is 5.95. The maximum Gasteiger partial charge on any atom is 0.271 e. The predicted octanol–water partition coefficient (Wildman–Crippen LogP) is 2.65. The van der Waals surface area contributed by atoms with E-state index in [1.807, 2.05) is 43.3 Å². The second kappa shape index (κ2) is 9.66. The Kier molecular flexibility index (Phi) is 7.91. The van der Waals surface area contributed by atoms with Gasteiger partial charge < -0.3 is 14.7 Å². The topological polar surface area (TPSA) is 74.2 Å². The number of phenols is 1. The zero-order chi connectivity index (χ0) is 17.5. The molecule has 0 aromatic heterocycles. The first-order chi connectivity index (χ1) is 11.5. The van der Waals surface area contributed by atoms with Gasteiger partial charge in [0, 0.05) is 17.7 Å². The van der Waals surface area contributed by atoms with Gasteiger partial charge in [-0.3, -0.25) is 4.79 Å². The van der Waals surface area contributed by atoms with Gasteiger partial charge in [0.25, 0.3) is 5.91 Å². The van der Waals surface area contributed by atoms with Crippen LogP contribution in [-0.4, -0.2) is 43.3 Å². The molecule has 2 aromatic carbocycles. The molecule has 0 heterocycles. The first-order valence-corrected chi connectivity index (χ1v) is 7.43. The van der Waals surface area contributed by atoms with Crippen LogP contribution in [0.15, 0.2) is 47.6 Å². The summed E-state index contributed by atoms with van der Waals surface area (Å²) < 4.78 is 5.08. The zero-order valence-corrected chi connectivity index (χ0v) is 15.2. The van der Waals surface area contributed by atoms with Crippen molar-refractivity contribution in [1.82, 2.24) is 10.3 Å². The number of methoxy groups -OCH3 is 1. The van der Waals surface area contributed by atoms with Gasteiger partial charge in [-0.1, -0.05) is 0 Å². The van der Waals surface area contributed by atoms with Crippen LogP contribution in [0.4, 0.5) is 0 Å². The molecular formula is C18H22ClN3O3. The molecule has 0 atom stereocenters. The van der Waals surface area contributed by atoms with Crippen molar-refractivity contribution in [2.45, 2.75) is 6.54 Å². The molecule has 7 heteroatoms. The highest BCUT2D eigenvalue weighted by atomic mass is 35.5. The Morgan fingerprint density at radius 2 is 1.92 bits per heavy atom. The van der Waals surface area contributed by atoms with E-state index >= 15 is 0 Å². The summed E-state index contributed by atoms with van der Waals surface area (Å²) >= 11 is 0. The minimum absolute atomic E-state index is 0. The summed E-state index contributed by atoms with van der Waals surface area (Å²) in [5.74, 6) is 0.593. The van der Waals surface area contributed by atoms with E-state index < -0.39 is 0 Å². The quantitative estimate of drug-likeness (QED) is 0.611. The van der Waals surface area contributed by atoms with Gasteiger partial charge in [-0.25, -0.2) is 5.43 Å². The van der Waals surface area contributed by atoms with Gasteiger partial charge in [0.1, 0.15) is 11.5 Å². The van der Waals surface area contributed by atoms with Crippen LogP contribution in [0.1, 0.15) is 21.5 Å². The molecule has 25 heavy (non-hydrogen) atoms. The SMILES string of the molecule is COc1ccc(/C=N\NC(=O)c2ccc(O)c(CN(C)C)c2)cc1.Cl. The fraction of sp³-hybridized carbons (Fsp3) is 0.222. The Morgan fingerprint density at radius 1 is 1.24 bits per heavy atom. The number of hydrogen-bond donors (Lipinski definition) is 2. The smallest absolute Gasteiger partial charge is 0.271 e. The molecule has 0 aliphatic rings. The van der Waals surface area contributed by atoms with Crippen LogP contribution >= 0.6 is 12.4 Å². The van der Waals surface area contributed by atoms with Crippen molar-refractivity contribution in [3.8, 4) is 11.5 Å². The monoisotopic (exact) mass is 363 g/mol. The lowest BCUT2D eigenvalue weighted by Gasteiger charge is -2.12. The van der Waals surface area contributed by atoms with Crippen LogP contribution in [0, 0.1) is 0 Å². The minimum Gasteiger partial charge on any atom is -0.508 e. The molecule has 2 aromatic rings. The second-order valence-corrected chi connectivity index (χ2v) is 5.55. The van der Waals surface area contributed by atoms with Crippen LogP contribution in [0.3, 0.4) is 0 Å². The number of nitrogens with one attached hydrogen (secondary N) is 1. The Labute approximate surface area is 153 Å². The number of benzene rings is 2. The van der Waals surface area contributed by atoms with Gasteiger partial charge in [-0.15, -0.1) is 12.4 Å².